The summed E-state index contributed by atoms with van der Waals surface area (Å²) >= 11 is 2.02. The SMILES string of the molecule is Nc1cccc([N+](=O)[O-])c1N(N)PI. The van der Waals surface area contributed by atoms with Gasteiger partial charge in [0.25, 0.3) is 5.69 Å². The van der Waals surface area contributed by atoms with Crippen LogP contribution in [0, 0.1) is 10.1 Å². The van der Waals surface area contributed by atoms with Crippen LogP contribution in [-0.4, -0.2) is 4.92 Å². The normalized spacial score (nSPS) is 10.7. The van der Waals surface area contributed by atoms with Crippen molar-refractivity contribution in [1.29, 1.82) is 0 Å². The maximum atomic E-state index is 10.7. The summed E-state index contributed by atoms with van der Waals surface area (Å²) in [4.78, 5) is 10.2. The van der Waals surface area contributed by atoms with Gasteiger partial charge >= 0.3 is 0 Å². The Kier molecular flexibility index (Phi) is 3.85. The third kappa shape index (κ3) is 2.23. The lowest BCUT2D eigenvalue weighted by Crippen LogP contribution is -2.21. The molecule has 0 aliphatic heterocycles. The molecule has 76 valence electrons. The summed E-state index contributed by atoms with van der Waals surface area (Å²) in [5, 5.41) is 10.7. The van der Waals surface area contributed by atoms with Gasteiger partial charge in [-0.15, -0.1) is 0 Å². The maximum Gasteiger partial charge on any atom is 0.296 e. The average Bonchev–Trinajstić information content (AvgIpc) is 2.16. The van der Waals surface area contributed by atoms with Crippen LogP contribution in [0.1, 0.15) is 0 Å². The Morgan fingerprint density at radius 2 is 2.21 bits per heavy atom. The predicted octanol–water partition coefficient (Wildman–Crippen LogP) is 1.80. The van der Waals surface area contributed by atoms with E-state index in [0.29, 0.717) is 5.69 Å². The largest absolute Gasteiger partial charge is 0.397 e. The minimum absolute atomic E-state index is 0.0725. The monoisotopic (exact) mass is 326 g/mol. The Hall–Kier alpha value is -0.660. The van der Waals surface area contributed by atoms with E-state index in [9.17, 15) is 10.1 Å². The second kappa shape index (κ2) is 4.72. The third-order valence-electron chi connectivity index (χ3n) is 1.57. The third-order valence-corrected chi connectivity index (χ3v) is 3.54. The van der Waals surface area contributed by atoms with E-state index in [1.165, 1.54) is 16.9 Å². The van der Waals surface area contributed by atoms with Gasteiger partial charge in [0.1, 0.15) is 0 Å². The second-order valence-electron chi connectivity index (χ2n) is 2.43. The molecule has 0 heterocycles. The molecule has 0 spiro atoms. The molecule has 1 aromatic carbocycles. The van der Waals surface area contributed by atoms with Gasteiger partial charge in [0.15, 0.2) is 5.69 Å². The Balaban J connectivity index is 3.29. The number of para-hydroxylation sites is 1. The number of nitrogens with zero attached hydrogens (tertiary/aromatic N) is 2. The minimum atomic E-state index is -0.498. The van der Waals surface area contributed by atoms with Crippen molar-refractivity contribution in [2.24, 2.45) is 5.84 Å². The maximum absolute atomic E-state index is 10.7. The van der Waals surface area contributed by atoms with Gasteiger partial charge in [0, 0.05) is 6.07 Å². The van der Waals surface area contributed by atoms with Crippen LogP contribution < -0.4 is 16.4 Å². The van der Waals surface area contributed by atoms with Crippen LogP contribution in [0.25, 0.3) is 0 Å². The number of anilines is 2. The molecule has 8 heteroatoms. The second-order valence-corrected chi connectivity index (χ2v) is 4.52. The molecule has 0 aromatic heterocycles. The van der Waals surface area contributed by atoms with Crippen LogP contribution >= 0.6 is 28.4 Å². The standard InChI is InChI=1S/C6H8IN4O2P/c7-14-10(9)6-4(8)2-1-3-5(6)11(12)13/h1-3,14H,8-9H2. The molecule has 0 saturated heterocycles. The number of hydrogen-bond donors (Lipinski definition) is 2. The zero-order chi connectivity index (χ0) is 10.7. The number of hydrazine groups is 1. The first kappa shape index (κ1) is 11.4. The fourth-order valence-electron chi connectivity index (χ4n) is 1.00. The summed E-state index contributed by atoms with van der Waals surface area (Å²) in [5.41, 5.74) is 6.12. The summed E-state index contributed by atoms with van der Waals surface area (Å²) in [6, 6.07) is 4.49. The molecule has 0 bridgehead atoms. The number of nitrogen functional groups attached to an aromatic ring is 1. The lowest BCUT2D eigenvalue weighted by molar-refractivity contribution is -0.384. The zero-order valence-electron chi connectivity index (χ0n) is 6.98. The van der Waals surface area contributed by atoms with Crippen LogP contribution in [0.2, 0.25) is 0 Å². The highest BCUT2D eigenvalue weighted by molar-refractivity contribution is 14.2. The van der Waals surface area contributed by atoms with Crippen molar-refractivity contribution < 1.29 is 4.92 Å². The first-order chi connectivity index (χ1) is 6.57. The lowest BCUT2D eigenvalue weighted by atomic mass is 10.2. The van der Waals surface area contributed by atoms with Gasteiger partial charge in [0.2, 0.25) is 0 Å². The van der Waals surface area contributed by atoms with Gasteiger partial charge in [-0.25, -0.2) is 5.84 Å². The number of nitro groups is 1. The van der Waals surface area contributed by atoms with Crippen LogP contribution in [-0.2, 0) is 0 Å². The van der Waals surface area contributed by atoms with E-state index in [1.54, 1.807) is 6.07 Å². The molecule has 0 aliphatic carbocycles. The van der Waals surface area contributed by atoms with Gasteiger partial charge in [-0.3, -0.25) is 14.9 Å². The fraction of sp³-hybridized carbons (Fsp3) is 0. The number of hydrogen-bond acceptors (Lipinski definition) is 5. The summed E-state index contributed by atoms with van der Waals surface area (Å²) in [5.74, 6) is 5.59. The highest BCUT2D eigenvalue weighted by Gasteiger charge is 2.19. The highest BCUT2D eigenvalue weighted by atomic mass is 127. The van der Waals surface area contributed by atoms with Crippen molar-refractivity contribution in [2.45, 2.75) is 0 Å². The van der Waals surface area contributed by atoms with Crippen molar-refractivity contribution in [2.75, 3.05) is 10.5 Å². The van der Waals surface area contributed by atoms with E-state index in [4.69, 9.17) is 11.6 Å². The van der Waals surface area contributed by atoms with Crippen LogP contribution in [0.3, 0.4) is 0 Å². The Labute approximate surface area is 95.1 Å². The highest BCUT2D eigenvalue weighted by Crippen LogP contribution is 2.39. The summed E-state index contributed by atoms with van der Waals surface area (Å²) in [6.45, 7) is 0. The first-order valence-electron chi connectivity index (χ1n) is 3.52. The molecule has 1 aromatic rings. The molecule has 14 heavy (non-hydrogen) atoms. The van der Waals surface area contributed by atoms with Crippen molar-refractivity contribution in [3.63, 3.8) is 0 Å². The quantitative estimate of drug-likeness (QED) is 0.220. The molecule has 1 unspecified atom stereocenters. The predicted molar refractivity (Wildman–Crippen MR) is 66.5 cm³/mol. The molecule has 0 saturated carbocycles. The van der Waals surface area contributed by atoms with Gasteiger partial charge in [-0.05, 0) is 28.1 Å². The Morgan fingerprint density at radius 3 is 2.71 bits per heavy atom. The summed E-state index contributed by atoms with van der Waals surface area (Å²) < 4.78 is 1.27. The first-order valence-corrected chi connectivity index (χ1v) is 7.58. The van der Waals surface area contributed by atoms with Gasteiger partial charge in [0.05, 0.1) is 17.0 Å². The van der Waals surface area contributed by atoms with Crippen LogP contribution in [0.4, 0.5) is 17.1 Å². The topological polar surface area (TPSA) is 98.4 Å². The van der Waals surface area contributed by atoms with Crippen LogP contribution in [0.15, 0.2) is 18.2 Å². The van der Waals surface area contributed by atoms with Crippen molar-refractivity contribution in [3.05, 3.63) is 28.3 Å². The molecule has 0 aliphatic rings. The number of nitrogens with two attached hydrogens (primary N) is 2. The smallest absolute Gasteiger partial charge is 0.296 e. The van der Waals surface area contributed by atoms with Gasteiger partial charge < -0.3 is 5.73 Å². The van der Waals surface area contributed by atoms with Crippen molar-refractivity contribution >= 4 is 45.5 Å². The molecule has 0 fully saturated rings. The number of rotatable bonds is 3. The molecule has 0 amide bonds. The van der Waals surface area contributed by atoms with E-state index >= 15 is 0 Å². The number of benzene rings is 1. The summed E-state index contributed by atoms with van der Waals surface area (Å²) in [7, 11) is 0. The molecule has 0 radical (unpaired) electrons. The molecular weight excluding hydrogens is 318 g/mol. The number of nitro benzene ring substituents is 1. The molecule has 1 rings (SSSR count). The van der Waals surface area contributed by atoms with Crippen molar-refractivity contribution in [3.8, 4) is 0 Å². The van der Waals surface area contributed by atoms with Crippen LogP contribution in [0.5, 0.6) is 0 Å². The van der Waals surface area contributed by atoms with E-state index in [-0.39, 0.29) is 17.7 Å². The molecule has 4 N–H and O–H groups in total. The van der Waals surface area contributed by atoms with Crippen molar-refractivity contribution in [1.82, 2.24) is 0 Å². The Morgan fingerprint density at radius 1 is 1.57 bits per heavy atom. The minimum Gasteiger partial charge on any atom is -0.397 e. The zero-order valence-corrected chi connectivity index (χ0v) is 10.1. The summed E-state index contributed by atoms with van der Waals surface area (Å²) in [6.07, 6.45) is 0.191. The van der Waals surface area contributed by atoms with Gasteiger partial charge in [-0.1, -0.05) is 6.07 Å². The van der Waals surface area contributed by atoms with E-state index in [1.807, 2.05) is 22.0 Å². The lowest BCUT2D eigenvalue weighted by Gasteiger charge is -2.16. The average molecular weight is 326 g/mol. The van der Waals surface area contributed by atoms with E-state index in [2.05, 4.69) is 0 Å². The van der Waals surface area contributed by atoms with E-state index < -0.39 is 4.92 Å². The molecule has 1 atom stereocenters. The molecular formula is C6H8IN4O2P. The molecule has 6 nitrogen and oxygen atoms in total. The fourth-order valence-corrected chi connectivity index (χ4v) is 2.05. The number of halogens is 1. The van der Waals surface area contributed by atoms with Gasteiger partial charge in [-0.2, -0.15) is 0 Å². The Bertz CT molecular complexity index is 362. The van der Waals surface area contributed by atoms with E-state index in [0.717, 1.165) is 0 Å².